The lowest BCUT2D eigenvalue weighted by atomic mass is 10.1. The van der Waals surface area contributed by atoms with Crippen LogP contribution in [-0.2, 0) is 11.4 Å². The van der Waals surface area contributed by atoms with Gasteiger partial charge in [0, 0.05) is 20.4 Å². The van der Waals surface area contributed by atoms with Gasteiger partial charge in [-0.15, -0.1) is 0 Å². The smallest absolute Gasteiger partial charge is 0.337 e. The molecule has 0 atom stereocenters. The first-order valence-electron chi connectivity index (χ1n) is 7.69. The van der Waals surface area contributed by atoms with Gasteiger partial charge in [-0.1, -0.05) is 37.9 Å². The van der Waals surface area contributed by atoms with Gasteiger partial charge in [-0.05, 0) is 43.2 Å². The molecule has 0 radical (unpaired) electrons. The number of ether oxygens (including phenoxy) is 1. The summed E-state index contributed by atoms with van der Waals surface area (Å²) in [6, 6.07) is 10.4. The van der Waals surface area contributed by atoms with Crippen LogP contribution in [0.1, 0.15) is 28.8 Å². The van der Waals surface area contributed by atoms with E-state index in [-0.39, 0.29) is 17.4 Å². The van der Waals surface area contributed by atoms with E-state index in [1.165, 1.54) is 6.07 Å². The van der Waals surface area contributed by atoms with E-state index in [1.54, 1.807) is 12.1 Å². The second kappa shape index (κ2) is 7.58. The van der Waals surface area contributed by atoms with E-state index in [4.69, 9.17) is 4.74 Å². The molecule has 0 unspecified atom stereocenters. The van der Waals surface area contributed by atoms with Gasteiger partial charge in [0.05, 0.1) is 11.3 Å². The lowest BCUT2D eigenvalue weighted by molar-refractivity contribution is -0.117. The van der Waals surface area contributed by atoms with Crippen LogP contribution < -0.4 is 10.1 Å². The predicted molar refractivity (Wildman–Crippen MR) is 101 cm³/mol. The van der Waals surface area contributed by atoms with E-state index in [9.17, 15) is 14.7 Å². The molecule has 1 amide bonds. The summed E-state index contributed by atoms with van der Waals surface area (Å²) in [5.74, 6) is -0.805. The van der Waals surface area contributed by atoms with Gasteiger partial charge >= 0.3 is 5.97 Å². The Morgan fingerprint density at radius 1 is 1.16 bits per heavy atom. The quantitative estimate of drug-likeness (QED) is 0.636. The largest absolute Gasteiger partial charge is 0.489 e. The fourth-order valence-corrected chi connectivity index (χ4v) is 3.44. The molecule has 0 heterocycles. The third-order valence-electron chi connectivity index (χ3n) is 3.84. The SMILES string of the molecule is O=C(O)c1cc(OCc2ccc(Br)cc2Br)ccc1NC(=O)C1CC1. The number of amides is 1. The van der Waals surface area contributed by atoms with Crippen LogP contribution in [0.4, 0.5) is 5.69 Å². The van der Waals surface area contributed by atoms with Crippen molar-refractivity contribution in [3.8, 4) is 5.75 Å². The van der Waals surface area contributed by atoms with Crippen LogP contribution in [0, 0.1) is 5.92 Å². The zero-order chi connectivity index (χ0) is 18.0. The third kappa shape index (κ3) is 4.61. The molecule has 1 aliphatic rings. The Labute approximate surface area is 161 Å². The van der Waals surface area contributed by atoms with Gasteiger partial charge in [0.1, 0.15) is 12.4 Å². The Hall–Kier alpha value is -1.86. The van der Waals surface area contributed by atoms with Crippen molar-refractivity contribution < 1.29 is 19.4 Å². The molecule has 2 N–H and O–H groups in total. The van der Waals surface area contributed by atoms with Crippen LogP contribution in [-0.4, -0.2) is 17.0 Å². The lowest BCUT2D eigenvalue weighted by Gasteiger charge is -2.12. The molecule has 0 saturated heterocycles. The molecule has 1 fully saturated rings. The molecule has 0 aliphatic heterocycles. The molecule has 2 aromatic rings. The number of hydrogen-bond donors (Lipinski definition) is 2. The molecule has 25 heavy (non-hydrogen) atoms. The van der Waals surface area contributed by atoms with Crippen molar-refractivity contribution in [3.63, 3.8) is 0 Å². The van der Waals surface area contributed by atoms with Crippen LogP contribution in [0.5, 0.6) is 5.75 Å². The van der Waals surface area contributed by atoms with Crippen molar-refractivity contribution in [2.24, 2.45) is 5.92 Å². The Kier molecular flexibility index (Phi) is 5.44. The van der Waals surface area contributed by atoms with Crippen molar-refractivity contribution >= 4 is 49.4 Å². The molecular formula is C18H15Br2NO4. The second-order valence-corrected chi connectivity index (χ2v) is 7.57. The monoisotopic (exact) mass is 467 g/mol. The highest BCUT2D eigenvalue weighted by Gasteiger charge is 2.30. The number of nitrogens with one attached hydrogen (secondary N) is 1. The predicted octanol–water partition coefficient (Wildman–Crippen LogP) is 4.84. The number of benzene rings is 2. The first kappa shape index (κ1) is 17.9. The first-order valence-corrected chi connectivity index (χ1v) is 9.27. The number of carboxylic acids is 1. The molecule has 1 saturated carbocycles. The molecular weight excluding hydrogens is 454 g/mol. The van der Waals surface area contributed by atoms with Gasteiger partial charge in [0.15, 0.2) is 0 Å². The van der Waals surface area contributed by atoms with Crippen molar-refractivity contribution in [2.45, 2.75) is 19.4 Å². The van der Waals surface area contributed by atoms with Gasteiger partial charge in [0.25, 0.3) is 0 Å². The maximum absolute atomic E-state index is 11.9. The molecule has 7 heteroatoms. The van der Waals surface area contributed by atoms with E-state index >= 15 is 0 Å². The normalized spacial score (nSPS) is 13.4. The fraction of sp³-hybridized carbons (Fsp3) is 0.222. The number of aromatic carboxylic acids is 1. The third-order valence-corrected chi connectivity index (χ3v) is 5.07. The van der Waals surface area contributed by atoms with Crippen LogP contribution in [0.25, 0.3) is 0 Å². The zero-order valence-electron chi connectivity index (χ0n) is 13.1. The minimum absolute atomic E-state index is 0.00678. The number of halogens is 2. The molecule has 2 aromatic carbocycles. The summed E-state index contributed by atoms with van der Waals surface area (Å²) >= 11 is 6.85. The number of hydrogen-bond acceptors (Lipinski definition) is 3. The summed E-state index contributed by atoms with van der Waals surface area (Å²) < 4.78 is 7.55. The summed E-state index contributed by atoms with van der Waals surface area (Å²) in [5.41, 5.74) is 1.24. The summed E-state index contributed by atoms with van der Waals surface area (Å²) in [7, 11) is 0. The van der Waals surface area contributed by atoms with Gasteiger partial charge < -0.3 is 15.2 Å². The molecule has 0 bridgehead atoms. The second-order valence-electron chi connectivity index (χ2n) is 5.80. The van der Waals surface area contributed by atoms with E-state index in [0.717, 1.165) is 27.4 Å². The van der Waals surface area contributed by atoms with Crippen molar-refractivity contribution in [3.05, 3.63) is 56.5 Å². The Morgan fingerprint density at radius 3 is 2.56 bits per heavy atom. The number of carbonyl (C=O) groups is 2. The highest BCUT2D eigenvalue weighted by molar-refractivity contribution is 9.11. The van der Waals surface area contributed by atoms with E-state index < -0.39 is 5.97 Å². The Balaban J connectivity index is 1.74. The summed E-state index contributed by atoms with van der Waals surface area (Å²) in [6.07, 6.45) is 1.72. The minimum Gasteiger partial charge on any atom is -0.489 e. The molecule has 130 valence electrons. The molecule has 0 spiro atoms. The highest BCUT2D eigenvalue weighted by atomic mass is 79.9. The lowest BCUT2D eigenvalue weighted by Crippen LogP contribution is -2.16. The minimum atomic E-state index is -1.11. The van der Waals surface area contributed by atoms with E-state index in [0.29, 0.717) is 18.0 Å². The standard InChI is InChI=1S/C18H15Br2NO4/c19-12-4-3-11(15(20)7-12)9-25-13-5-6-16(14(8-13)18(23)24)21-17(22)10-1-2-10/h3-8,10H,1-2,9H2,(H,21,22)(H,23,24). The van der Waals surface area contributed by atoms with E-state index in [2.05, 4.69) is 37.2 Å². The number of rotatable bonds is 6. The van der Waals surface area contributed by atoms with Gasteiger partial charge in [0.2, 0.25) is 5.91 Å². The van der Waals surface area contributed by atoms with Crippen LogP contribution in [0.3, 0.4) is 0 Å². The van der Waals surface area contributed by atoms with Crippen LogP contribution >= 0.6 is 31.9 Å². The zero-order valence-corrected chi connectivity index (χ0v) is 16.3. The van der Waals surface area contributed by atoms with Crippen molar-refractivity contribution in [2.75, 3.05) is 5.32 Å². The summed E-state index contributed by atoms with van der Waals surface area (Å²) in [4.78, 5) is 23.4. The number of carbonyl (C=O) groups excluding carboxylic acids is 1. The molecule has 5 nitrogen and oxygen atoms in total. The van der Waals surface area contributed by atoms with E-state index in [1.807, 2.05) is 18.2 Å². The molecule has 0 aromatic heterocycles. The average Bonchev–Trinajstić information content (AvgIpc) is 3.40. The first-order chi connectivity index (χ1) is 11.9. The van der Waals surface area contributed by atoms with Gasteiger partial charge in [-0.3, -0.25) is 4.79 Å². The van der Waals surface area contributed by atoms with Gasteiger partial charge in [-0.25, -0.2) is 4.79 Å². The van der Waals surface area contributed by atoms with Crippen molar-refractivity contribution in [1.82, 2.24) is 0 Å². The maximum atomic E-state index is 11.9. The number of anilines is 1. The topological polar surface area (TPSA) is 75.6 Å². The van der Waals surface area contributed by atoms with Crippen LogP contribution in [0.15, 0.2) is 45.3 Å². The van der Waals surface area contributed by atoms with Crippen LogP contribution in [0.2, 0.25) is 0 Å². The summed E-state index contributed by atoms with van der Waals surface area (Å²) in [6.45, 7) is 0.292. The molecule has 1 aliphatic carbocycles. The summed E-state index contributed by atoms with van der Waals surface area (Å²) in [5, 5.41) is 12.1. The number of carboxylic acid groups (broad SMARTS) is 1. The van der Waals surface area contributed by atoms with Gasteiger partial charge in [-0.2, -0.15) is 0 Å². The molecule has 3 rings (SSSR count). The Bertz CT molecular complexity index is 834. The fourth-order valence-electron chi connectivity index (χ4n) is 2.28. The highest BCUT2D eigenvalue weighted by Crippen LogP contribution is 2.31. The van der Waals surface area contributed by atoms with Crippen molar-refractivity contribution in [1.29, 1.82) is 0 Å². The maximum Gasteiger partial charge on any atom is 0.337 e. The average molecular weight is 469 g/mol. The Morgan fingerprint density at radius 2 is 1.92 bits per heavy atom.